The van der Waals surface area contributed by atoms with Crippen molar-refractivity contribution >= 4 is 66.7 Å². The Morgan fingerprint density at radius 3 is 2.24 bits per heavy atom. The van der Waals surface area contributed by atoms with Gasteiger partial charge in [-0.25, -0.2) is 8.42 Å². The van der Waals surface area contributed by atoms with Gasteiger partial charge in [-0.2, -0.15) is 0 Å². The molecule has 0 bridgehead atoms. The van der Waals surface area contributed by atoms with Crippen molar-refractivity contribution in [3.8, 4) is 5.75 Å². The molecule has 1 unspecified atom stereocenters. The Morgan fingerprint density at radius 2 is 1.61 bits per heavy atom. The van der Waals surface area contributed by atoms with Crippen molar-refractivity contribution in [1.82, 2.24) is 10.2 Å². The molecule has 1 aliphatic carbocycles. The van der Waals surface area contributed by atoms with E-state index in [-0.39, 0.29) is 35.5 Å². The normalized spacial score (nSPS) is 13.9. The number of hydrogen-bond donors (Lipinski definition) is 1. The van der Waals surface area contributed by atoms with Crippen LogP contribution in [0.15, 0.2) is 106 Å². The molecule has 0 saturated heterocycles. The summed E-state index contributed by atoms with van der Waals surface area (Å²) in [6.45, 7) is 1.65. The van der Waals surface area contributed by atoms with Crippen molar-refractivity contribution in [2.45, 2.75) is 62.6 Å². The summed E-state index contributed by atoms with van der Waals surface area (Å²) >= 11 is 16.2. The van der Waals surface area contributed by atoms with E-state index in [2.05, 4.69) is 21.2 Å². The zero-order valence-electron chi connectivity index (χ0n) is 27.0. The second kappa shape index (κ2) is 16.9. The molecule has 0 spiro atoms. The summed E-state index contributed by atoms with van der Waals surface area (Å²) in [7, 11) is -4.25. The third-order valence-electron chi connectivity index (χ3n) is 8.44. The average Bonchev–Trinajstić information content (AvgIpc) is 3.60. The van der Waals surface area contributed by atoms with E-state index in [0.29, 0.717) is 32.4 Å². The molecular formula is C37H38BrCl2N3O5S. The van der Waals surface area contributed by atoms with Crippen LogP contribution >= 0.6 is 39.1 Å². The van der Waals surface area contributed by atoms with Crippen LogP contribution in [0.25, 0.3) is 0 Å². The minimum atomic E-state index is -4.25. The van der Waals surface area contributed by atoms with Gasteiger partial charge in [-0.15, -0.1) is 0 Å². The van der Waals surface area contributed by atoms with Crippen LogP contribution < -0.4 is 14.4 Å². The maximum Gasteiger partial charge on any atom is 0.264 e. The Labute approximate surface area is 306 Å². The predicted molar refractivity (Wildman–Crippen MR) is 198 cm³/mol. The van der Waals surface area contributed by atoms with Gasteiger partial charge in [0.15, 0.2) is 0 Å². The Hall–Kier alpha value is -3.57. The number of hydrogen-bond acceptors (Lipinski definition) is 5. The topological polar surface area (TPSA) is 96.0 Å². The number of amides is 2. The molecule has 5 rings (SSSR count). The van der Waals surface area contributed by atoms with E-state index in [4.69, 9.17) is 27.9 Å². The van der Waals surface area contributed by atoms with Crippen LogP contribution in [-0.4, -0.2) is 50.4 Å². The van der Waals surface area contributed by atoms with E-state index in [0.717, 1.165) is 35.6 Å². The van der Waals surface area contributed by atoms with Crippen LogP contribution in [0.4, 0.5) is 5.69 Å². The fourth-order valence-corrected chi connectivity index (χ4v) is 8.04. The van der Waals surface area contributed by atoms with Gasteiger partial charge in [-0.1, -0.05) is 88.4 Å². The Balaban J connectivity index is 1.58. The molecule has 1 aliphatic rings. The van der Waals surface area contributed by atoms with Gasteiger partial charge < -0.3 is 15.0 Å². The second-order valence-corrected chi connectivity index (χ2v) is 15.5. The third kappa shape index (κ3) is 9.57. The summed E-state index contributed by atoms with van der Waals surface area (Å²) in [5, 5.41) is 3.92. The molecule has 4 aromatic rings. The lowest BCUT2D eigenvalue weighted by Crippen LogP contribution is -2.54. The van der Waals surface area contributed by atoms with E-state index in [1.54, 1.807) is 54.6 Å². The number of carbonyl (C=O) groups is 2. The van der Waals surface area contributed by atoms with E-state index >= 15 is 0 Å². The third-order valence-corrected chi connectivity index (χ3v) is 11.3. The number of benzene rings is 4. The molecule has 2 amide bonds. The van der Waals surface area contributed by atoms with Gasteiger partial charge in [0.2, 0.25) is 11.8 Å². The van der Waals surface area contributed by atoms with Gasteiger partial charge in [0.25, 0.3) is 10.0 Å². The molecular weight excluding hydrogens is 749 g/mol. The first-order valence-electron chi connectivity index (χ1n) is 16.1. The Kier molecular flexibility index (Phi) is 12.7. The van der Waals surface area contributed by atoms with E-state index in [9.17, 15) is 18.0 Å². The summed E-state index contributed by atoms with van der Waals surface area (Å²) in [5.74, 6) is -0.329. The quantitative estimate of drug-likeness (QED) is 0.140. The molecule has 0 aromatic heterocycles. The van der Waals surface area contributed by atoms with Crippen LogP contribution in [0.3, 0.4) is 0 Å². The first-order chi connectivity index (χ1) is 23.5. The van der Waals surface area contributed by atoms with Crippen molar-refractivity contribution in [1.29, 1.82) is 0 Å². The average molecular weight is 788 g/mol. The van der Waals surface area contributed by atoms with Gasteiger partial charge in [0.05, 0.1) is 17.2 Å². The molecule has 1 atom stereocenters. The number of nitrogens with one attached hydrogen (secondary N) is 1. The fraction of sp³-hybridized carbons (Fsp3) is 0.297. The van der Waals surface area contributed by atoms with Crippen LogP contribution in [0, 0.1) is 0 Å². The fourth-order valence-electron chi connectivity index (χ4n) is 5.89. The first-order valence-corrected chi connectivity index (χ1v) is 19.1. The molecule has 1 saturated carbocycles. The zero-order valence-corrected chi connectivity index (χ0v) is 30.9. The molecule has 4 aromatic carbocycles. The maximum absolute atomic E-state index is 14.7. The maximum atomic E-state index is 14.7. The standard InChI is InChI=1S/C37H38BrCl2N3O5S/c1-2-48-32-18-16-31(17-19-32)43(49(46,47)33-20-13-28(38)14-21-33)25-36(44)42(24-27-12-15-29(39)23-34(27)40)35(22-26-8-4-3-5-9-26)37(45)41-30-10-6-7-11-30/h3-5,8-9,12-21,23,30,35H,2,6-7,10-11,22,24-25H2,1H3,(H,41,45). The largest absolute Gasteiger partial charge is 0.494 e. The van der Waals surface area contributed by atoms with Crippen molar-refractivity contribution in [2.75, 3.05) is 17.5 Å². The summed E-state index contributed by atoms with van der Waals surface area (Å²) in [5.41, 5.74) is 1.67. The minimum absolute atomic E-state index is 0.0000181. The predicted octanol–water partition coefficient (Wildman–Crippen LogP) is 8.05. The van der Waals surface area contributed by atoms with Gasteiger partial charge in [-0.05, 0) is 91.6 Å². The molecule has 0 heterocycles. The lowest BCUT2D eigenvalue weighted by molar-refractivity contribution is -0.140. The Morgan fingerprint density at radius 1 is 0.939 bits per heavy atom. The number of carbonyl (C=O) groups excluding carboxylic acids is 2. The van der Waals surface area contributed by atoms with Crippen molar-refractivity contribution < 1.29 is 22.7 Å². The number of anilines is 1. The van der Waals surface area contributed by atoms with Crippen LogP contribution in [0.1, 0.15) is 43.7 Å². The summed E-state index contributed by atoms with van der Waals surface area (Å²) in [4.78, 5) is 30.3. The highest BCUT2D eigenvalue weighted by atomic mass is 79.9. The van der Waals surface area contributed by atoms with Crippen LogP contribution in [0.5, 0.6) is 5.75 Å². The van der Waals surface area contributed by atoms with Gasteiger partial charge in [0.1, 0.15) is 18.3 Å². The summed E-state index contributed by atoms with van der Waals surface area (Å²) in [6.07, 6.45) is 3.96. The molecule has 258 valence electrons. The molecule has 49 heavy (non-hydrogen) atoms. The monoisotopic (exact) mass is 785 g/mol. The van der Waals surface area contributed by atoms with Gasteiger partial charge in [0, 0.05) is 33.5 Å². The van der Waals surface area contributed by atoms with E-state index in [1.807, 2.05) is 37.3 Å². The highest BCUT2D eigenvalue weighted by Crippen LogP contribution is 2.29. The van der Waals surface area contributed by atoms with E-state index in [1.165, 1.54) is 17.0 Å². The lowest BCUT2D eigenvalue weighted by Gasteiger charge is -2.34. The zero-order chi connectivity index (χ0) is 35.0. The number of halogens is 3. The van der Waals surface area contributed by atoms with Gasteiger partial charge in [-0.3, -0.25) is 13.9 Å². The van der Waals surface area contributed by atoms with Crippen molar-refractivity contribution in [2.24, 2.45) is 0 Å². The highest BCUT2D eigenvalue weighted by molar-refractivity contribution is 9.10. The highest BCUT2D eigenvalue weighted by Gasteiger charge is 2.36. The first kappa shape index (κ1) is 36.7. The minimum Gasteiger partial charge on any atom is -0.494 e. The second-order valence-electron chi connectivity index (χ2n) is 11.8. The number of sulfonamides is 1. The van der Waals surface area contributed by atoms with Gasteiger partial charge >= 0.3 is 0 Å². The molecule has 0 radical (unpaired) electrons. The van der Waals surface area contributed by atoms with Crippen LogP contribution in [-0.2, 0) is 32.6 Å². The molecule has 1 N–H and O–H groups in total. The van der Waals surface area contributed by atoms with Crippen molar-refractivity contribution in [3.05, 3.63) is 123 Å². The number of rotatable bonds is 14. The number of nitrogens with zero attached hydrogens (tertiary/aromatic N) is 2. The molecule has 8 nitrogen and oxygen atoms in total. The smallest absolute Gasteiger partial charge is 0.264 e. The molecule has 0 aliphatic heterocycles. The SMILES string of the molecule is CCOc1ccc(N(CC(=O)N(Cc2ccc(Cl)cc2Cl)C(Cc2ccccc2)C(=O)NC2CCCC2)S(=O)(=O)c2ccc(Br)cc2)cc1. The molecule has 12 heteroatoms. The summed E-state index contributed by atoms with van der Waals surface area (Å²) in [6, 6.07) is 26.2. The molecule has 1 fully saturated rings. The Bertz CT molecular complexity index is 1840. The lowest BCUT2D eigenvalue weighted by atomic mass is 10.0. The van der Waals surface area contributed by atoms with E-state index < -0.39 is 28.5 Å². The van der Waals surface area contributed by atoms with Crippen LogP contribution in [0.2, 0.25) is 10.0 Å². The number of ether oxygens (including phenoxy) is 1. The van der Waals surface area contributed by atoms with Crippen molar-refractivity contribution in [3.63, 3.8) is 0 Å². The summed E-state index contributed by atoms with van der Waals surface area (Å²) < 4.78 is 35.9.